The summed E-state index contributed by atoms with van der Waals surface area (Å²) in [5, 5.41) is 10.5. The van der Waals surface area contributed by atoms with Gasteiger partial charge in [0.1, 0.15) is 5.78 Å². The lowest BCUT2D eigenvalue weighted by molar-refractivity contribution is -0.148. The summed E-state index contributed by atoms with van der Waals surface area (Å²) in [6.45, 7) is 9.99. The first-order valence-corrected chi connectivity index (χ1v) is 8.73. The zero-order valence-corrected chi connectivity index (χ0v) is 14.8. The second kappa shape index (κ2) is 4.89. The van der Waals surface area contributed by atoms with E-state index >= 15 is 0 Å². The van der Waals surface area contributed by atoms with E-state index in [0.717, 1.165) is 12.0 Å². The normalized spacial score (nSPS) is 46.5. The lowest BCUT2D eigenvalue weighted by Crippen LogP contribution is -2.53. The number of Topliss-reactive ketones (excluding diaryl/α,β-unsaturated/α-hetero) is 1. The van der Waals surface area contributed by atoms with Crippen LogP contribution in [-0.2, 0) is 9.59 Å². The molecule has 0 aromatic heterocycles. The zero-order valence-electron chi connectivity index (χ0n) is 14.8. The number of aliphatic hydroxyl groups is 1. The van der Waals surface area contributed by atoms with E-state index in [9.17, 15) is 14.7 Å². The van der Waals surface area contributed by atoms with Crippen molar-refractivity contribution in [1.29, 1.82) is 0 Å². The third-order valence-corrected chi connectivity index (χ3v) is 6.61. The van der Waals surface area contributed by atoms with Crippen LogP contribution in [-0.4, -0.2) is 22.3 Å². The molecule has 23 heavy (non-hydrogen) atoms. The van der Waals surface area contributed by atoms with Gasteiger partial charge in [-0.1, -0.05) is 38.5 Å². The number of fused-ring (bicyclic) bond motifs is 3. The summed E-state index contributed by atoms with van der Waals surface area (Å²) in [7, 11) is 0. The number of rotatable bonds is 1. The van der Waals surface area contributed by atoms with Gasteiger partial charge in [-0.2, -0.15) is 0 Å². The molecule has 0 aromatic rings. The summed E-state index contributed by atoms with van der Waals surface area (Å²) in [5.41, 5.74) is -0.880. The van der Waals surface area contributed by atoms with Crippen molar-refractivity contribution < 1.29 is 14.7 Å². The fourth-order valence-corrected chi connectivity index (χ4v) is 4.97. The van der Waals surface area contributed by atoms with E-state index in [1.165, 1.54) is 0 Å². The van der Waals surface area contributed by atoms with E-state index in [4.69, 9.17) is 0 Å². The number of carbonyl (C=O) groups excluding carboxylic acids is 2. The SMILES string of the molecule is CC(C)C1=CC(=O)[C@@]2(C)C(=O)C[C@@]3(C)C=C[C@@](C)(O)CC[C@@H]3[C@@H]12. The summed E-state index contributed by atoms with van der Waals surface area (Å²) >= 11 is 0. The van der Waals surface area contributed by atoms with Gasteiger partial charge in [-0.3, -0.25) is 9.59 Å². The Morgan fingerprint density at radius 3 is 2.43 bits per heavy atom. The van der Waals surface area contributed by atoms with Crippen LogP contribution in [0.4, 0.5) is 0 Å². The van der Waals surface area contributed by atoms with Gasteiger partial charge in [0.15, 0.2) is 5.78 Å². The highest BCUT2D eigenvalue weighted by Crippen LogP contribution is 2.60. The molecule has 3 aliphatic rings. The average Bonchev–Trinajstić information content (AvgIpc) is 2.64. The quantitative estimate of drug-likeness (QED) is 0.595. The minimum absolute atomic E-state index is 0.0155. The molecule has 3 heteroatoms. The van der Waals surface area contributed by atoms with Crippen molar-refractivity contribution >= 4 is 11.6 Å². The lowest BCUT2D eigenvalue weighted by atomic mass is 9.51. The molecule has 0 amide bonds. The van der Waals surface area contributed by atoms with Crippen LogP contribution in [0.5, 0.6) is 0 Å². The smallest absolute Gasteiger partial charge is 0.169 e. The van der Waals surface area contributed by atoms with Gasteiger partial charge < -0.3 is 5.11 Å². The molecule has 3 rings (SSSR count). The van der Waals surface area contributed by atoms with Gasteiger partial charge in [0, 0.05) is 12.3 Å². The Morgan fingerprint density at radius 1 is 1.17 bits per heavy atom. The average molecular weight is 316 g/mol. The van der Waals surface area contributed by atoms with Crippen molar-refractivity contribution in [3.05, 3.63) is 23.8 Å². The highest BCUT2D eigenvalue weighted by molar-refractivity contribution is 6.15. The molecule has 0 spiro atoms. The minimum atomic E-state index is -0.895. The third kappa shape index (κ3) is 2.27. The summed E-state index contributed by atoms with van der Waals surface area (Å²) in [6.07, 6.45) is 7.54. The molecule has 126 valence electrons. The highest BCUT2D eigenvalue weighted by atomic mass is 16.3. The number of ketones is 2. The van der Waals surface area contributed by atoms with E-state index in [0.29, 0.717) is 12.8 Å². The summed E-state index contributed by atoms with van der Waals surface area (Å²) in [6, 6.07) is 0. The van der Waals surface area contributed by atoms with Crippen LogP contribution in [0.3, 0.4) is 0 Å². The van der Waals surface area contributed by atoms with Crippen LogP contribution in [0.25, 0.3) is 0 Å². The first kappa shape index (κ1) is 16.6. The third-order valence-electron chi connectivity index (χ3n) is 6.61. The molecule has 0 bridgehead atoms. The minimum Gasteiger partial charge on any atom is -0.386 e. The molecule has 5 atom stereocenters. The molecule has 1 saturated carbocycles. The second-order valence-corrected chi connectivity index (χ2v) is 8.78. The predicted molar refractivity (Wildman–Crippen MR) is 89.7 cm³/mol. The molecule has 0 unspecified atom stereocenters. The highest BCUT2D eigenvalue weighted by Gasteiger charge is 2.62. The van der Waals surface area contributed by atoms with Gasteiger partial charge in [-0.25, -0.2) is 0 Å². The monoisotopic (exact) mass is 316 g/mol. The van der Waals surface area contributed by atoms with Crippen LogP contribution in [0.15, 0.2) is 23.8 Å². The van der Waals surface area contributed by atoms with Crippen LogP contribution < -0.4 is 0 Å². The van der Waals surface area contributed by atoms with Gasteiger partial charge in [0.05, 0.1) is 11.0 Å². The fourth-order valence-electron chi connectivity index (χ4n) is 4.97. The number of allylic oxidation sites excluding steroid dienone is 3. The van der Waals surface area contributed by atoms with E-state index in [1.54, 1.807) is 6.08 Å². The van der Waals surface area contributed by atoms with Crippen molar-refractivity contribution in [2.45, 2.75) is 59.5 Å². The first-order chi connectivity index (χ1) is 10.5. The Balaban J connectivity index is 2.13. The molecule has 0 saturated heterocycles. The summed E-state index contributed by atoms with van der Waals surface area (Å²) in [4.78, 5) is 25.6. The largest absolute Gasteiger partial charge is 0.386 e. The van der Waals surface area contributed by atoms with E-state index < -0.39 is 11.0 Å². The van der Waals surface area contributed by atoms with Crippen LogP contribution in [0, 0.1) is 28.6 Å². The number of carbonyl (C=O) groups is 2. The van der Waals surface area contributed by atoms with Gasteiger partial charge in [0.2, 0.25) is 0 Å². The summed E-state index contributed by atoms with van der Waals surface area (Å²) < 4.78 is 0. The van der Waals surface area contributed by atoms with Crippen LogP contribution in [0.1, 0.15) is 53.9 Å². The first-order valence-electron chi connectivity index (χ1n) is 8.73. The van der Waals surface area contributed by atoms with Crippen molar-refractivity contribution in [2.75, 3.05) is 0 Å². The summed E-state index contributed by atoms with van der Waals surface area (Å²) in [5.74, 6) is 0.492. The van der Waals surface area contributed by atoms with Crippen LogP contribution >= 0.6 is 0 Å². The molecule has 0 aromatic carbocycles. The molecule has 0 heterocycles. The topological polar surface area (TPSA) is 54.4 Å². The maximum Gasteiger partial charge on any atom is 0.169 e. The lowest BCUT2D eigenvalue weighted by Gasteiger charge is -2.50. The Labute approximate surface area is 138 Å². The molecular formula is C20H28O3. The molecule has 1 fully saturated rings. The number of hydrogen-bond acceptors (Lipinski definition) is 3. The van der Waals surface area contributed by atoms with Gasteiger partial charge >= 0.3 is 0 Å². The van der Waals surface area contributed by atoms with Crippen LogP contribution in [0.2, 0.25) is 0 Å². The maximum atomic E-state index is 13.0. The van der Waals surface area contributed by atoms with E-state index in [2.05, 4.69) is 20.8 Å². The van der Waals surface area contributed by atoms with Gasteiger partial charge in [0.25, 0.3) is 0 Å². The standard InChI is InChI=1S/C20H28O3/c1-12(2)13-10-15(21)20(5)16(22)11-18(3)8-9-19(4,23)7-6-14(18)17(13)20/h8-10,12,14,17,23H,6-7,11H2,1-5H3/t14-,17-,18-,19+,20+/m1/s1. The number of hydrogen-bond donors (Lipinski definition) is 1. The van der Waals surface area contributed by atoms with Gasteiger partial charge in [-0.15, -0.1) is 0 Å². The fraction of sp³-hybridized carbons (Fsp3) is 0.700. The maximum absolute atomic E-state index is 13.0. The molecule has 3 nitrogen and oxygen atoms in total. The zero-order chi connectivity index (χ0) is 17.2. The molecule has 3 aliphatic carbocycles. The Bertz CT molecular complexity index is 625. The predicted octanol–water partition coefficient (Wildman–Crippen LogP) is 3.47. The van der Waals surface area contributed by atoms with Gasteiger partial charge in [-0.05, 0) is 50.0 Å². The van der Waals surface area contributed by atoms with E-state index in [-0.39, 0.29) is 34.7 Å². The Hall–Kier alpha value is -1.22. The van der Waals surface area contributed by atoms with Crippen molar-refractivity contribution in [1.82, 2.24) is 0 Å². The molecular weight excluding hydrogens is 288 g/mol. The van der Waals surface area contributed by atoms with Crippen molar-refractivity contribution in [3.8, 4) is 0 Å². The van der Waals surface area contributed by atoms with Crippen molar-refractivity contribution in [3.63, 3.8) is 0 Å². The second-order valence-electron chi connectivity index (χ2n) is 8.78. The molecule has 0 radical (unpaired) electrons. The molecule has 0 aliphatic heterocycles. The Morgan fingerprint density at radius 2 is 1.83 bits per heavy atom. The Kier molecular flexibility index (Phi) is 3.54. The molecule has 1 N–H and O–H groups in total. The van der Waals surface area contributed by atoms with E-state index in [1.807, 2.05) is 26.0 Å². The van der Waals surface area contributed by atoms with Crippen molar-refractivity contribution in [2.24, 2.45) is 28.6 Å².